The lowest BCUT2D eigenvalue weighted by molar-refractivity contribution is -0.136. The Balaban J connectivity index is 1.84. The van der Waals surface area contributed by atoms with E-state index < -0.39 is 0 Å². The van der Waals surface area contributed by atoms with Crippen molar-refractivity contribution in [1.82, 2.24) is 10.2 Å². The Morgan fingerprint density at radius 2 is 1.85 bits per heavy atom. The van der Waals surface area contributed by atoms with E-state index in [-0.39, 0.29) is 24.4 Å². The molecule has 2 amide bonds. The van der Waals surface area contributed by atoms with Crippen LogP contribution in [0.25, 0.3) is 0 Å². The average molecular weight is 274 g/mol. The molecule has 0 heterocycles. The van der Waals surface area contributed by atoms with Crippen molar-refractivity contribution < 1.29 is 9.59 Å². The number of amides is 2. The van der Waals surface area contributed by atoms with Crippen molar-refractivity contribution in [2.75, 3.05) is 6.54 Å². The highest BCUT2D eigenvalue weighted by Crippen LogP contribution is 2.23. The molecule has 20 heavy (non-hydrogen) atoms. The normalized spacial score (nSPS) is 15.1. The van der Waals surface area contributed by atoms with E-state index in [4.69, 9.17) is 0 Å². The Hall–Kier alpha value is -1.84. The largest absolute Gasteiger partial charge is 0.350 e. The molecule has 0 radical (unpaired) electrons. The maximum atomic E-state index is 12.0. The van der Waals surface area contributed by atoms with E-state index in [1.807, 2.05) is 30.3 Å². The van der Waals surface area contributed by atoms with Gasteiger partial charge in [0.25, 0.3) is 0 Å². The summed E-state index contributed by atoms with van der Waals surface area (Å²) in [5.74, 6) is -0.0947. The van der Waals surface area contributed by atoms with Gasteiger partial charge in [-0.3, -0.25) is 9.59 Å². The van der Waals surface area contributed by atoms with Gasteiger partial charge in [-0.25, -0.2) is 0 Å². The Labute approximate surface area is 120 Å². The molecular weight excluding hydrogens is 252 g/mol. The minimum absolute atomic E-state index is 0.00763. The van der Waals surface area contributed by atoms with Crippen LogP contribution in [-0.2, 0) is 16.1 Å². The van der Waals surface area contributed by atoms with Gasteiger partial charge in [-0.2, -0.15) is 0 Å². The standard InChI is InChI=1S/C16H22N2O2/c1-13(19)18(15-9-5-6-10-15)12-16(20)17-11-14-7-3-2-4-8-14/h2-4,7-8,15H,5-6,9-12H2,1H3,(H,17,20). The maximum Gasteiger partial charge on any atom is 0.239 e. The molecule has 0 unspecified atom stereocenters. The Bertz CT molecular complexity index is 453. The van der Waals surface area contributed by atoms with Crippen molar-refractivity contribution >= 4 is 11.8 Å². The van der Waals surface area contributed by atoms with Crippen LogP contribution in [0.15, 0.2) is 30.3 Å². The van der Waals surface area contributed by atoms with Crippen molar-refractivity contribution in [3.8, 4) is 0 Å². The summed E-state index contributed by atoms with van der Waals surface area (Å²) >= 11 is 0. The number of hydrogen-bond donors (Lipinski definition) is 1. The first kappa shape index (κ1) is 14.6. The fourth-order valence-electron chi connectivity index (χ4n) is 2.72. The van der Waals surface area contributed by atoms with E-state index in [9.17, 15) is 9.59 Å². The van der Waals surface area contributed by atoms with Gasteiger partial charge in [-0.1, -0.05) is 43.2 Å². The topological polar surface area (TPSA) is 49.4 Å². The molecule has 1 aliphatic rings. The number of rotatable bonds is 5. The van der Waals surface area contributed by atoms with Gasteiger partial charge in [0.2, 0.25) is 11.8 Å². The molecular formula is C16H22N2O2. The first-order chi connectivity index (χ1) is 9.66. The highest BCUT2D eigenvalue weighted by molar-refractivity contribution is 5.84. The summed E-state index contributed by atoms with van der Waals surface area (Å²) in [4.78, 5) is 25.4. The quantitative estimate of drug-likeness (QED) is 0.894. The van der Waals surface area contributed by atoms with Crippen LogP contribution in [0, 0.1) is 0 Å². The third kappa shape index (κ3) is 4.08. The monoisotopic (exact) mass is 274 g/mol. The van der Waals surface area contributed by atoms with Crippen LogP contribution in [0.3, 0.4) is 0 Å². The van der Waals surface area contributed by atoms with Gasteiger partial charge in [0.15, 0.2) is 0 Å². The third-order valence-corrected chi connectivity index (χ3v) is 3.82. The number of hydrogen-bond acceptors (Lipinski definition) is 2. The van der Waals surface area contributed by atoms with Crippen molar-refractivity contribution in [2.24, 2.45) is 0 Å². The highest BCUT2D eigenvalue weighted by atomic mass is 16.2. The molecule has 0 aliphatic heterocycles. The fourth-order valence-corrected chi connectivity index (χ4v) is 2.72. The lowest BCUT2D eigenvalue weighted by atomic mass is 10.2. The van der Waals surface area contributed by atoms with Gasteiger partial charge >= 0.3 is 0 Å². The van der Waals surface area contributed by atoms with Crippen LogP contribution in [0.5, 0.6) is 0 Å². The maximum absolute atomic E-state index is 12.0. The molecule has 1 aromatic carbocycles. The Morgan fingerprint density at radius 1 is 1.20 bits per heavy atom. The molecule has 0 saturated heterocycles. The van der Waals surface area contributed by atoms with E-state index in [0.717, 1.165) is 31.2 Å². The summed E-state index contributed by atoms with van der Waals surface area (Å²) < 4.78 is 0. The number of nitrogens with zero attached hydrogens (tertiary/aromatic N) is 1. The number of carbonyl (C=O) groups excluding carboxylic acids is 2. The van der Waals surface area contributed by atoms with E-state index in [1.165, 1.54) is 0 Å². The average Bonchev–Trinajstić information content (AvgIpc) is 2.97. The fraction of sp³-hybridized carbons (Fsp3) is 0.500. The summed E-state index contributed by atoms with van der Waals surface area (Å²) in [6.07, 6.45) is 4.34. The van der Waals surface area contributed by atoms with Gasteiger partial charge in [0, 0.05) is 19.5 Å². The number of carbonyl (C=O) groups is 2. The molecule has 1 aromatic rings. The Kier molecular flexibility index (Phi) is 5.16. The van der Waals surface area contributed by atoms with Crippen LogP contribution in [0.1, 0.15) is 38.2 Å². The van der Waals surface area contributed by atoms with Gasteiger partial charge in [0.05, 0.1) is 6.54 Å². The summed E-state index contributed by atoms with van der Waals surface area (Å²) in [6.45, 7) is 2.23. The number of benzene rings is 1. The lowest BCUT2D eigenvalue weighted by Gasteiger charge is -2.27. The van der Waals surface area contributed by atoms with Crippen molar-refractivity contribution in [1.29, 1.82) is 0 Å². The van der Waals surface area contributed by atoms with Crippen LogP contribution in [-0.4, -0.2) is 29.3 Å². The van der Waals surface area contributed by atoms with Crippen LogP contribution >= 0.6 is 0 Å². The second-order valence-corrected chi connectivity index (χ2v) is 5.35. The molecule has 0 aromatic heterocycles. The number of nitrogens with one attached hydrogen (secondary N) is 1. The molecule has 0 atom stereocenters. The zero-order valence-corrected chi connectivity index (χ0v) is 12.0. The summed E-state index contributed by atoms with van der Waals surface area (Å²) in [7, 11) is 0. The van der Waals surface area contributed by atoms with Crippen molar-refractivity contribution in [3.05, 3.63) is 35.9 Å². The Morgan fingerprint density at radius 3 is 2.45 bits per heavy atom. The van der Waals surface area contributed by atoms with Crippen molar-refractivity contribution in [2.45, 2.75) is 45.2 Å². The molecule has 4 nitrogen and oxygen atoms in total. The highest BCUT2D eigenvalue weighted by Gasteiger charge is 2.26. The molecule has 108 valence electrons. The summed E-state index contributed by atoms with van der Waals surface area (Å²) in [5.41, 5.74) is 1.07. The zero-order chi connectivity index (χ0) is 14.4. The van der Waals surface area contributed by atoms with Crippen molar-refractivity contribution in [3.63, 3.8) is 0 Å². The molecule has 0 bridgehead atoms. The van der Waals surface area contributed by atoms with E-state index >= 15 is 0 Å². The van der Waals surface area contributed by atoms with Crippen LogP contribution in [0.2, 0.25) is 0 Å². The van der Waals surface area contributed by atoms with E-state index in [2.05, 4.69) is 5.32 Å². The van der Waals surface area contributed by atoms with Gasteiger partial charge in [-0.15, -0.1) is 0 Å². The minimum atomic E-state index is -0.0871. The van der Waals surface area contributed by atoms with Crippen LogP contribution in [0.4, 0.5) is 0 Å². The second kappa shape index (κ2) is 7.08. The van der Waals surface area contributed by atoms with Gasteiger partial charge in [0.1, 0.15) is 0 Å². The van der Waals surface area contributed by atoms with Gasteiger partial charge < -0.3 is 10.2 Å². The molecule has 1 saturated carbocycles. The predicted octanol–water partition coefficient (Wildman–Crippen LogP) is 2.09. The molecule has 1 fully saturated rings. The first-order valence-corrected chi connectivity index (χ1v) is 7.24. The first-order valence-electron chi connectivity index (χ1n) is 7.24. The summed E-state index contributed by atoms with van der Waals surface area (Å²) in [5, 5.41) is 2.87. The molecule has 0 spiro atoms. The van der Waals surface area contributed by atoms with Gasteiger partial charge in [-0.05, 0) is 18.4 Å². The van der Waals surface area contributed by atoms with E-state index in [1.54, 1.807) is 11.8 Å². The predicted molar refractivity (Wildman–Crippen MR) is 77.9 cm³/mol. The zero-order valence-electron chi connectivity index (χ0n) is 12.0. The molecule has 4 heteroatoms. The van der Waals surface area contributed by atoms with Crippen LogP contribution < -0.4 is 5.32 Å². The smallest absolute Gasteiger partial charge is 0.239 e. The third-order valence-electron chi connectivity index (χ3n) is 3.82. The molecule has 2 rings (SSSR count). The SMILES string of the molecule is CC(=O)N(CC(=O)NCc1ccccc1)C1CCCC1. The lowest BCUT2D eigenvalue weighted by Crippen LogP contribution is -2.44. The molecule has 1 N–H and O–H groups in total. The van der Waals surface area contributed by atoms with E-state index in [0.29, 0.717) is 6.54 Å². The second-order valence-electron chi connectivity index (χ2n) is 5.35. The molecule has 1 aliphatic carbocycles. The minimum Gasteiger partial charge on any atom is -0.350 e. The summed E-state index contributed by atoms with van der Waals surface area (Å²) in [6, 6.07) is 10.0.